The van der Waals surface area contributed by atoms with Gasteiger partial charge in [-0.05, 0) is 24.1 Å². The highest BCUT2D eigenvalue weighted by Crippen LogP contribution is 2.15. The number of rotatable bonds is 3. The first-order valence-electron chi connectivity index (χ1n) is 4.39. The first-order valence-corrected chi connectivity index (χ1v) is 4.77. The van der Waals surface area contributed by atoms with Crippen LogP contribution in [0.4, 0.5) is 9.18 Å². The maximum atomic E-state index is 12.8. The lowest BCUT2D eigenvalue weighted by atomic mass is 10.1. The Bertz CT molecular complexity index is 357. The van der Waals surface area contributed by atoms with Crippen molar-refractivity contribution < 1.29 is 13.9 Å². The van der Waals surface area contributed by atoms with Crippen molar-refractivity contribution in [3.63, 3.8) is 0 Å². The molecular weight excluding hydrogens is 221 g/mol. The number of alkyl carbamates (subject to hydrolysis) is 1. The van der Waals surface area contributed by atoms with E-state index in [1.54, 1.807) is 6.07 Å². The van der Waals surface area contributed by atoms with Gasteiger partial charge in [-0.3, -0.25) is 0 Å². The van der Waals surface area contributed by atoms with E-state index >= 15 is 0 Å². The summed E-state index contributed by atoms with van der Waals surface area (Å²) in [5, 5.41) is 2.61. The third-order valence-electron chi connectivity index (χ3n) is 1.85. The Labute approximate surface area is 92.2 Å². The summed E-state index contributed by atoms with van der Waals surface area (Å²) < 4.78 is 17.2. The van der Waals surface area contributed by atoms with Gasteiger partial charge in [-0.1, -0.05) is 17.7 Å². The van der Waals surface area contributed by atoms with Crippen LogP contribution < -0.4 is 5.32 Å². The zero-order valence-corrected chi connectivity index (χ0v) is 8.97. The topological polar surface area (TPSA) is 38.3 Å². The van der Waals surface area contributed by atoms with Crippen LogP contribution in [0.2, 0.25) is 5.02 Å². The van der Waals surface area contributed by atoms with Crippen molar-refractivity contribution >= 4 is 17.7 Å². The molecule has 0 aliphatic rings. The second-order valence-corrected chi connectivity index (χ2v) is 3.32. The van der Waals surface area contributed by atoms with E-state index < -0.39 is 11.9 Å². The van der Waals surface area contributed by atoms with Gasteiger partial charge in [0.15, 0.2) is 0 Å². The van der Waals surface area contributed by atoms with Crippen LogP contribution in [0, 0.1) is 5.82 Å². The predicted molar refractivity (Wildman–Crippen MR) is 55.5 cm³/mol. The van der Waals surface area contributed by atoms with E-state index in [4.69, 9.17) is 11.6 Å². The molecule has 1 rings (SSSR count). The van der Waals surface area contributed by atoms with Crippen LogP contribution in [-0.2, 0) is 11.2 Å². The van der Waals surface area contributed by atoms with Gasteiger partial charge in [0, 0.05) is 6.54 Å². The largest absolute Gasteiger partial charge is 0.453 e. The summed E-state index contributed by atoms with van der Waals surface area (Å²) >= 11 is 5.60. The smallest absolute Gasteiger partial charge is 0.406 e. The van der Waals surface area contributed by atoms with Gasteiger partial charge in [0.1, 0.15) is 5.82 Å². The van der Waals surface area contributed by atoms with Gasteiger partial charge >= 0.3 is 6.09 Å². The molecule has 0 aromatic heterocycles. The first-order chi connectivity index (χ1) is 7.13. The SMILES string of the molecule is COC(=O)NCCc1ccc(F)c(Cl)c1. The van der Waals surface area contributed by atoms with Crippen LogP contribution in [-0.4, -0.2) is 19.7 Å². The van der Waals surface area contributed by atoms with Gasteiger partial charge in [-0.2, -0.15) is 0 Å². The van der Waals surface area contributed by atoms with Crippen molar-refractivity contribution in [1.82, 2.24) is 5.32 Å². The van der Waals surface area contributed by atoms with E-state index in [1.165, 1.54) is 19.2 Å². The van der Waals surface area contributed by atoms with Gasteiger partial charge in [0.2, 0.25) is 0 Å². The fourth-order valence-corrected chi connectivity index (χ4v) is 1.28. The summed E-state index contributed by atoms with van der Waals surface area (Å²) in [7, 11) is 1.30. The lowest BCUT2D eigenvalue weighted by Gasteiger charge is -2.04. The van der Waals surface area contributed by atoms with Crippen molar-refractivity contribution in [3.8, 4) is 0 Å². The maximum absolute atomic E-state index is 12.8. The zero-order valence-electron chi connectivity index (χ0n) is 8.22. The summed E-state index contributed by atoms with van der Waals surface area (Å²) in [6, 6.07) is 4.46. The standard InChI is InChI=1S/C10H11ClFNO2/c1-15-10(14)13-5-4-7-2-3-9(12)8(11)6-7/h2-3,6H,4-5H2,1H3,(H,13,14). The lowest BCUT2D eigenvalue weighted by molar-refractivity contribution is 0.171. The van der Waals surface area contributed by atoms with E-state index in [0.29, 0.717) is 13.0 Å². The third-order valence-corrected chi connectivity index (χ3v) is 2.14. The lowest BCUT2D eigenvalue weighted by Crippen LogP contribution is -2.25. The number of benzene rings is 1. The second kappa shape index (κ2) is 5.56. The minimum absolute atomic E-state index is 0.0885. The van der Waals surface area contributed by atoms with Crippen molar-refractivity contribution in [2.45, 2.75) is 6.42 Å². The van der Waals surface area contributed by atoms with E-state index in [-0.39, 0.29) is 5.02 Å². The average molecular weight is 232 g/mol. The minimum Gasteiger partial charge on any atom is -0.453 e. The molecule has 1 aromatic carbocycles. The zero-order chi connectivity index (χ0) is 11.3. The average Bonchev–Trinajstić information content (AvgIpc) is 2.23. The molecule has 82 valence electrons. The Morgan fingerprint density at radius 3 is 2.93 bits per heavy atom. The van der Waals surface area contributed by atoms with E-state index in [2.05, 4.69) is 10.1 Å². The molecule has 3 nitrogen and oxygen atoms in total. The number of nitrogens with one attached hydrogen (secondary N) is 1. The molecule has 1 amide bonds. The molecule has 0 unspecified atom stereocenters. The first kappa shape index (κ1) is 11.8. The summed E-state index contributed by atoms with van der Waals surface area (Å²) in [6.07, 6.45) is 0.0953. The van der Waals surface area contributed by atoms with Gasteiger partial charge in [0.05, 0.1) is 12.1 Å². The van der Waals surface area contributed by atoms with E-state index in [1.807, 2.05) is 0 Å². The number of methoxy groups -OCH3 is 1. The molecule has 0 saturated carbocycles. The van der Waals surface area contributed by atoms with Crippen LogP contribution in [0.3, 0.4) is 0 Å². The Hall–Kier alpha value is -1.29. The van der Waals surface area contributed by atoms with Crippen LogP contribution in [0.5, 0.6) is 0 Å². The highest BCUT2D eigenvalue weighted by Gasteiger charge is 2.02. The van der Waals surface area contributed by atoms with Crippen molar-refractivity contribution in [2.75, 3.05) is 13.7 Å². The molecule has 0 aliphatic heterocycles. The number of hydrogen-bond donors (Lipinski definition) is 1. The molecule has 0 atom stereocenters. The van der Waals surface area contributed by atoms with Crippen LogP contribution in [0.15, 0.2) is 18.2 Å². The number of halogens is 2. The summed E-state index contributed by atoms with van der Waals surface area (Å²) in [5.41, 5.74) is 0.859. The number of amides is 1. The highest BCUT2D eigenvalue weighted by atomic mass is 35.5. The molecule has 0 aliphatic carbocycles. The summed E-state index contributed by atoms with van der Waals surface area (Å²) in [6.45, 7) is 0.425. The summed E-state index contributed by atoms with van der Waals surface area (Å²) in [5.74, 6) is -0.443. The molecule has 0 spiro atoms. The van der Waals surface area contributed by atoms with Gasteiger partial charge in [-0.15, -0.1) is 0 Å². The molecule has 15 heavy (non-hydrogen) atoms. The Morgan fingerprint density at radius 1 is 1.60 bits per heavy atom. The van der Waals surface area contributed by atoms with E-state index in [0.717, 1.165) is 5.56 Å². The molecule has 0 heterocycles. The quantitative estimate of drug-likeness (QED) is 0.868. The number of hydrogen-bond acceptors (Lipinski definition) is 2. The Morgan fingerprint density at radius 2 is 2.33 bits per heavy atom. The van der Waals surface area contributed by atoms with Gasteiger partial charge < -0.3 is 10.1 Å². The molecule has 0 saturated heterocycles. The molecule has 1 aromatic rings. The fourth-order valence-electron chi connectivity index (χ4n) is 1.08. The number of carbonyl (C=O) groups excluding carboxylic acids is 1. The highest BCUT2D eigenvalue weighted by molar-refractivity contribution is 6.30. The van der Waals surface area contributed by atoms with Crippen LogP contribution in [0.25, 0.3) is 0 Å². The van der Waals surface area contributed by atoms with Gasteiger partial charge in [0.25, 0.3) is 0 Å². The van der Waals surface area contributed by atoms with Crippen LogP contribution in [0.1, 0.15) is 5.56 Å². The molecule has 0 bridgehead atoms. The van der Waals surface area contributed by atoms with Crippen molar-refractivity contribution in [3.05, 3.63) is 34.6 Å². The number of carbonyl (C=O) groups is 1. The molecule has 0 radical (unpaired) electrons. The molecule has 1 N–H and O–H groups in total. The fraction of sp³-hybridized carbons (Fsp3) is 0.300. The van der Waals surface area contributed by atoms with Crippen LogP contribution >= 0.6 is 11.6 Å². The molecule has 5 heteroatoms. The second-order valence-electron chi connectivity index (χ2n) is 2.92. The summed E-state index contributed by atoms with van der Waals surface area (Å²) in [4.78, 5) is 10.7. The maximum Gasteiger partial charge on any atom is 0.406 e. The predicted octanol–water partition coefficient (Wildman–Crippen LogP) is 2.38. The third kappa shape index (κ3) is 3.75. The van der Waals surface area contributed by atoms with Crippen molar-refractivity contribution in [2.24, 2.45) is 0 Å². The molecular formula is C10H11ClFNO2. The van der Waals surface area contributed by atoms with Gasteiger partial charge in [-0.25, -0.2) is 9.18 Å². The normalized spacial score (nSPS) is 9.80. The number of ether oxygens (including phenoxy) is 1. The van der Waals surface area contributed by atoms with Crippen molar-refractivity contribution in [1.29, 1.82) is 0 Å². The Balaban J connectivity index is 2.44. The Kier molecular flexibility index (Phi) is 4.37. The van der Waals surface area contributed by atoms with E-state index in [9.17, 15) is 9.18 Å². The monoisotopic (exact) mass is 231 g/mol. The molecule has 0 fully saturated rings. The minimum atomic E-state index is -0.483.